The number of rotatable bonds is 1. The first kappa shape index (κ1) is 7.99. The average molecular weight is 150 g/mol. The zero-order chi connectivity index (χ0) is 8.27. The lowest BCUT2D eigenvalue weighted by molar-refractivity contribution is 0.618. The van der Waals surface area contributed by atoms with Crippen LogP contribution in [0.15, 0.2) is 24.3 Å². The standard InChI is InChI=1S/C10H11F/c1-3-4-9-6-5-8(2)10(11)7-9/h3-7H,1-2H3. The van der Waals surface area contributed by atoms with Gasteiger partial charge in [-0.3, -0.25) is 0 Å². The second kappa shape index (κ2) is 3.33. The van der Waals surface area contributed by atoms with E-state index in [4.69, 9.17) is 0 Å². The molecule has 0 spiro atoms. The number of hydrogen-bond donors (Lipinski definition) is 0. The highest BCUT2D eigenvalue weighted by atomic mass is 19.1. The molecule has 0 bridgehead atoms. The number of allylic oxidation sites excluding steroid dienone is 1. The van der Waals surface area contributed by atoms with E-state index in [2.05, 4.69) is 0 Å². The van der Waals surface area contributed by atoms with Crippen molar-refractivity contribution in [3.05, 3.63) is 41.2 Å². The molecule has 0 saturated carbocycles. The molecule has 11 heavy (non-hydrogen) atoms. The van der Waals surface area contributed by atoms with Gasteiger partial charge < -0.3 is 0 Å². The van der Waals surface area contributed by atoms with Crippen LogP contribution in [0, 0.1) is 12.7 Å². The molecular weight excluding hydrogens is 139 g/mol. The van der Waals surface area contributed by atoms with Crippen LogP contribution in [-0.4, -0.2) is 0 Å². The zero-order valence-corrected chi connectivity index (χ0v) is 6.76. The van der Waals surface area contributed by atoms with Crippen molar-refractivity contribution in [1.29, 1.82) is 0 Å². The summed E-state index contributed by atoms with van der Waals surface area (Å²) in [6, 6.07) is 5.22. The second-order valence-electron chi connectivity index (χ2n) is 2.51. The summed E-state index contributed by atoms with van der Waals surface area (Å²) in [6.45, 7) is 3.67. The van der Waals surface area contributed by atoms with E-state index in [0.29, 0.717) is 5.56 Å². The number of aryl methyl sites for hydroxylation is 1. The maximum Gasteiger partial charge on any atom is 0.126 e. The molecule has 58 valence electrons. The Hall–Kier alpha value is -1.11. The van der Waals surface area contributed by atoms with Crippen molar-refractivity contribution in [2.75, 3.05) is 0 Å². The summed E-state index contributed by atoms with van der Waals surface area (Å²) in [6.07, 6.45) is 3.77. The van der Waals surface area contributed by atoms with Gasteiger partial charge >= 0.3 is 0 Å². The highest BCUT2D eigenvalue weighted by Gasteiger charge is 1.94. The monoisotopic (exact) mass is 150 g/mol. The van der Waals surface area contributed by atoms with E-state index < -0.39 is 0 Å². The van der Waals surface area contributed by atoms with E-state index in [-0.39, 0.29) is 5.82 Å². The summed E-state index contributed by atoms with van der Waals surface area (Å²) in [5.74, 6) is -0.138. The van der Waals surface area contributed by atoms with Gasteiger partial charge in [-0.15, -0.1) is 0 Å². The molecule has 0 amide bonds. The van der Waals surface area contributed by atoms with Crippen LogP contribution in [-0.2, 0) is 0 Å². The van der Waals surface area contributed by atoms with Gasteiger partial charge in [0.15, 0.2) is 0 Å². The number of benzene rings is 1. The Morgan fingerprint density at radius 2 is 2.09 bits per heavy atom. The van der Waals surface area contributed by atoms with Gasteiger partial charge in [0.2, 0.25) is 0 Å². The van der Waals surface area contributed by atoms with E-state index in [1.54, 1.807) is 13.0 Å². The zero-order valence-electron chi connectivity index (χ0n) is 6.76. The Balaban J connectivity index is 3.05. The van der Waals surface area contributed by atoms with Crippen LogP contribution in [0.1, 0.15) is 18.1 Å². The molecule has 1 heteroatoms. The smallest absolute Gasteiger partial charge is 0.126 e. The van der Waals surface area contributed by atoms with Gasteiger partial charge in [-0.05, 0) is 31.0 Å². The summed E-state index contributed by atoms with van der Waals surface area (Å²) in [5.41, 5.74) is 1.61. The summed E-state index contributed by atoms with van der Waals surface area (Å²) in [4.78, 5) is 0. The van der Waals surface area contributed by atoms with E-state index in [1.165, 1.54) is 6.07 Å². The number of hydrogen-bond acceptors (Lipinski definition) is 0. The third-order valence-electron chi connectivity index (χ3n) is 1.56. The molecule has 0 aliphatic heterocycles. The van der Waals surface area contributed by atoms with E-state index >= 15 is 0 Å². The van der Waals surface area contributed by atoms with E-state index in [1.807, 2.05) is 25.1 Å². The Bertz CT molecular complexity index is 274. The molecule has 0 atom stereocenters. The minimum absolute atomic E-state index is 0.138. The molecule has 0 unspecified atom stereocenters. The van der Waals surface area contributed by atoms with Crippen LogP contribution in [0.25, 0.3) is 6.08 Å². The minimum atomic E-state index is -0.138. The van der Waals surface area contributed by atoms with Crippen molar-refractivity contribution in [3.8, 4) is 0 Å². The van der Waals surface area contributed by atoms with Crippen LogP contribution >= 0.6 is 0 Å². The van der Waals surface area contributed by atoms with Gasteiger partial charge in [0, 0.05) is 0 Å². The van der Waals surface area contributed by atoms with Gasteiger partial charge in [-0.1, -0.05) is 24.3 Å². The molecule has 1 rings (SSSR count). The van der Waals surface area contributed by atoms with Gasteiger partial charge in [-0.25, -0.2) is 4.39 Å². The topological polar surface area (TPSA) is 0 Å². The molecule has 0 fully saturated rings. The highest BCUT2D eigenvalue weighted by Crippen LogP contribution is 2.09. The fourth-order valence-corrected chi connectivity index (χ4v) is 0.905. The molecule has 0 saturated heterocycles. The Morgan fingerprint density at radius 1 is 1.36 bits per heavy atom. The Labute approximate surface area is 66.4 Å². The molecule has 0 heterocycles. The molecule has 0 aromatic heterocycles. The Morgan fingerprint density at radius 3 is 2.64 bits per heavy atom. The van der Waals surface area contributed by atoms with Crippen molar-refractivity contribution in [2.45, 2.75) is 13.8 Å². The minimum Gasteiger partial charge on any atom is -0.207 e. The normalized spacial score (nSPS) is 10.8. The van der Waals surface area contributed by atoms with Crippen molar-refractivity contribution >= 4 is 6.08 Å². The van der Waals surface area contributed by atoms with Crippen LogP contribution in [0.5, 0.6) is 0 Å². The predicted molar refractivity (Wildman–Crippen MR) is 45.8 cm³/mol. The van der Waals surface area contributed by atoms with Crippen LogP contribution in [0.2, 0.25) is 0 Å². The highest BCUT2D eigenvalue weighted by molar-refractivity contribution is 5.49. The fraction of sp³-hybridized carbons (Fsp3) is 0.200. The SMILES string of the molecule is CC=Cc1ccc(C)c(F)c1. The van der Waals surface area contributed by atoms with Crippen molar-refractivity contribution in [2.24, 2.45) is 0 Å². The average Bonchev–Trinajstić information content (AvgIpc) is 1.98. The summed E-state index contributed by atoms with van der Waals surface area (Å²) >= 11 is 0. The van der Waals surface area contributed by atoms with Crippen molar-refractivity contribution in [3.63, 3.8) is 0 Å². The lowest BCUT2D eigenvalue weighted by atomic mass is 10.1. The molecule has 0 nitrogen and oxygen atoms in total. The maximum absolute atomic E-state index is 12.9. The van der Waals surface area contributed by atoms with Crippen LogP contribution < -0.4 is 0 Å². The molecule has 1 aromatic carbocycles. The van der Waals surface area contributed by atoms with Crippen molar-refractivity contribution in [1.82, 2.24) is 0 Å². The third kappa shape index (κ3) is 1.90. The molecule has 0 aliphatic carbocycles. The van der Waals surface area contributed by atoms with E-state index in [9.17, 15) is 4.39 Å². The quantitative estimate of drug-likeness (QED) is 0.576. The van der Waals surface area contributed by atoms with Crippen LogP contribution in [0.3, 0.4) is 0 Å². The van der Waals surface area contributed by atoms with E-state index in [0.717, 1.165) is 5.56 Å². The van der Waals surface area contributed by atoms with Gasteiger partial charge in [-0.2, -0.15) is 0 Å². The first-order chi connectivity index (χ1) is 5.24. The van der Waals surface area contributed by atoms with Gasteiger partial charge in [0.05, 0.1) is 0 Å². The van der Waals surface area contributed by atoms with Crippen LogP contribution in [0.4, 0.5) is 4.39 Å². The maximum atomic E-state index is 12.9. The molecular formula is C10H11F. The molecule has 0 aliphatic rings. The van der Waals surface area contributed by atoms with Gasteiger partial charge in [0.1, 0.15) is 5.82 Å². The first-order valence-corrected chi connectivity index (χ1v) is 3.63. The second-order valence-corrected chi connectivity index (χ2v) is 2.51. The van der Waals surface area contributed by atoms with Crippen molar-refractivity contribution < 1.29 is 4.39 Å². The molecule has 0 N–H and O–H groups in total. The molecule has 1 aromatic rings. The summed E-state index contributed by atoms with van der Waals surface area (Å²) < 4.78 is 12.9. The lowest BCUT2D eigenvalue weighted by Crippen LogP contribution is -1.81. The fourth-order valence-electron chi connectivity index (χ4n) is 0.905. The first-order valence-electron chi connectivity index (χ1n) is 3.63. The Kier molecular flexibility index (Phi) is 2.42. The summed E-state index contributed by atoms with van der Waals surface area (Å²) in [7, 11) is 0. The largest absolute Gasteiger partial charge is 0.207 e. The predicted octanol–water partition coefficient (Wildman–Crippen LogP) is 3.17. The number of halogens is 1. The summed E-state index contributed by atoms with van der Waals surface area (Å²) in [5, 5.41) is 0. The molecule has 0 radical (unpaired) electrons. The third-order valence-corrected chi connectivity index (χ3v) is 1.56. The van der Waals surface area contributed by atoms with Gasteiger partial charge in [0.25, 0.3) is 0 Å². The lowest BCUT2D eigenvalue weighted by Gasteiger charge is -1.96.